The zero-order valence-electron chi connectivity index (χ0n) is 23.7. The predicted octanol–water partition coefficient (Wildman–Crippen LogP) is 3.03. The molecule has 0 spiro atoms. The van der Waals surface area contributed by atoms with Gasteiger partial charge in [0, 0.05) is 38.3 Å². The number of H-pyrrole nitrogens is 1. The number of hydrogen-bond donors (Lipinski definition) is 1. The van der Waals surface area contributed by atoms with Gasteiger partial charge in [0.15, 0.2) is 5.52 Å². The molecule has 14 heteroatoms. The van der Waals surface area contributed by atoms with Crippen LogP contribution in [0.4, 0.5) is 5.69 Å². The molecular weight excluding hydrogens is 562 g/mol. The van der Waals surface area contributed by atoms with Crippen molar-refractivity contribution in [3.8, 4) is 17.1 Å². The molecule has 1 N–H and O–H groups in total. The molecule has 4 aromatic rings. The third-order valence-corrected chi connectivity index (χ3v) is 9.13. The van der Waals surface area contributed by atoms with Crippen molar-refractivity contribution in [1.82, 2.24) is 29.0 Å². The molecular formula is C28H33N7O6S. The number of nitrogens with zero attached hydrogens (tertiary/aromatic N) is 6. The Morgan fingerprint density at radius 3 is 2.43 bits per heavy atom. The SMILES string of the molecule is CCCc1nn(Cc2ccc([N+](=O)[O-])cc2)c2c(=O)[nH]c(-c3cc(S(=O)(=O)N4CCN(C)CC4)ccc3OCC)nc12. The van der Waals surface area contributed by atoms with Gasteiger partial charge in [0.2, 0.25) is 10.0 Å². The van der Waals surface area contributed by atoms with Crippen LogP contribution in [0.15, 0.2) is 52.2 Å². The lowest BCUT2D eigenvalue weighted by Gasteiger charge is -2.31. The molecule has 2 aromatic heterocycles. The molecule has 0 atom stereocenters. The van der Waals surface area contributed by atoms with Crippen LogP contribution in [0.25, 0.3) is 22.4 Å². The second-order valence-electron chi connectivity index (χ2n) is 10.2. The van der Waals surface area contributed by atoms with Gasteiger partial charge in [-0.15, -0.1) is 0 Å². The fourth-order valence-electron chi connectivity index (χ4n) is 5.01. The number of aromatic amines is 1. The lowest BCUT2D eigenvalue weighted by Crippen LogP contribution is -2.47. The summed E-state index contributed by atoms with van der Waals surface area (Å²) in [6.07, 6.45) is 1.33. The van der Waals surface area contributed by atoms with E-state index in [0.717, 1.165) is 12.0 Å². The van der Waals surface area contributed by atoms with Gasteiger partial charge in [0.25, 0.3) is 11.2 Å². The number of hydrogen-bond acceptors (Lipinski definition) is 9. The Bertz CT molecular complexity index is 1780. The van der Waals surface area contributed by atoms with E-state index in [1.165, 1.54) is 28.6 Å². The molecule has 0 bridgehead atoms. The highest BCUT2D eigenvalue weighted by atomic mass is 32.2. The molecule has 0 aliphatic carbocycles. The zero-order chi connectivity index (χ0) is 30.0. The van der Waals surface area contributed by atoms with E-state index in [4.69, 9.17) is 9.72 Å². The smallest absolute Gasteiger partial charge is 0.277 e. The molecule has 1 aliphatic heterocycles. The van der Waals surface area contributed by atoms with E-state index in [2.05, 4.69) is 15.0 Å². The summed E-state index contributed by atoms with van der Waals surface area (Å²) in [6.45, 7) is 6.41. The summed E-state index contributed by atoms with van der Waals surface area (Å²) in [5, 5.41) is 15.7. The van der Waals surface area contributed by atoms with Crippen LogP contribution in [0.2, 0.25) is 0 Å². The number of nitrogens with one attached hydrogen (secondary N) is 1. The van der Waals surface area contributed by atoms with Gasteiger partial charge in [0.05, 0.1) is 34.2 Å². The number of fused-ring (bicyclic) bond motifs is 1. The maximum atomic E-state index is 13.6. The van der Waals surface area contributed by atoms with Gasteiger partial charge < -0.3 is 14.6 Å². The molecule has 13 nitrogen and oxygen atoms in total. The van der Waals surface area contributed by atoms with E-state index in [1.807, 2.05) is 20.9 Å². The Morgan fingerprint density at radius 1 is 1.07 bits per heavy atom. The van der Waals surface area contributed by atoms with Crippen LogP contribution in [-0.4, -0.2) is 82.1 Å². The standard InChI is InChI=1S/C28H33N7O6S/c1-4-6-23-25-26(34(31-23)18-19-7-9-20(10-8-19)35(37)38)28(36)30-27(29-25)22-17-21(11-12-24(22)41-5-2)42(39,40)33-15-13-32(3)14-16-33/h7-12,17H,4-6,13-16,18H2,1-3H3,(H,29,30,36). The van der Waals surface area contributed by atoms with Crippen LogP contribution < -0.4 is 10.3 Å². The molecule has 3 heterocycles. The lowest BCUT2D eigenvalue weighted by atomic mass is 10.1. The number of benzene rings is 2. The number of ether oxygens (including phenoxy) is 1. The van der Waals surface area contributed by atoms with Crippen molar-refractivity contribution in [3.05, 3.63) is 74.2 Å². The van der Waals surface area contributed by atoms with Crippen molar-refractivity contribution in [1.29, 1.82) is 0 Å². The van der Waals surface area contributed by atoms with Gasteiger partial charge in [-0.05, 0) is 44.2 Å². The highest BCUT2D eigenvalue weighted by Gasteiger charge is 2.29. The van der Waals surface area contributed by atoms with Gasteiger partial charge >= 0.3 is 0 Å². The average molecular weight is 596 g/mol. The summed E-state index contributed by atoms with van der Waals surface area (Å²) in [4.78, 5) is 33.9. The molecule has 0 unspecified atom stereocenters. The summed E-state index contributed by atoms with van der Waals surface area (Å²) in [5.41, 5.74) is 1.92. The number of rotatable bonds is 10. The van der Waals surface area contributed by atoms with Crippen molar-refractivity contribution < 1.29 is 18.1 Å². The molecule has 0 radical (unpaired) electrons. The fourth-order valence-corrected chi connectivity index (χ4v) is 6.46. The number of sulfonamides is 1. The summed E-state index contributed by atoms with van der Waals surface area (Å²) in [6, 6.07) is 10.7. The Hall–Kier alpha value is -4.14. The zero-order valence-corrected chi connectivity index (χ0v) is 24.6. The molecule has 1 saturated heterocycles. The van der Waals surface area contributed by atoms with E-state index in [9.17, 15) is 23.3 Å². The Kier molecular flexibility index (Phi) is 8.38. The Morgan fingerprint density at radius 2 is 1.79 bits per heavy atom. The molecule has 42 heavy (non-hydrogen) atoms. The minimum absolute atomic E-state index is 0.0260. The van der Waals surface area contributed by atoms with Crippen LogP contribution in [0.5, 0.6) is 5.75 Å². The van der Waals surface area contributed by atoms with Crippen LogP contribution in [0, 0.1) is 10.1 Å². The van der Waals surface area contributed by atoms with E-state index in [1.54, 1.807) is 22.9 Å². The number of likely N-dealkylation sites (N-methyl/N-ethyl adjacent to an activating group) is 1. The van der Waals surface area contributed by atoms with Crippen molar-refractivity contribution in [2.24, 2.45) is 0 Å². The van der Waals surface area contributed by atoms with Crippen molar-refractivity contribution in [2.45, 2.75) is 38.1 Å². The number of piperazine rings is 1. The molecule has 0 amide bonds. The van der Waals surface area contributed by atoms with Crippen LogP contribution >= 0.6 is 0 Å². The predicted molar refractivity (Wildman–Crippen MR) is 157 cm³/mol. The first-order chi connectivity index (χ1) is 20.1. The summed E-state index contributed by atoms with van der Waals surface area (Å²) in [5.74, 6) is 0.575. The highest BCUT2D eigenvalue weighted by molar-refractivity contribution is 7.89. The van der Waals surface area contributed by atoms with Gasteiger partial charge in [0.1, 0.15) is 17.1 Å². The molecule has 1 fully saturated rings. The molecule has 5 rings (SSSR count). The number of nitro groups is 1. The third kappa shape index (κ3) is 5.78. The van der Waals surface area contributed by atoms with E-state index < -0.39 is 20.5 Å². The minimum Gasteiger partial charge on any atom is -0.493 e. The molecule has 0 saturated carbocycles. The first kappa shape index (κ1) is 29.4. The number of nitro benzene ring substituents is 1. The van der Waals surface area contributed by atoms with Crippen LogP contribution in [-0.2, 0) is 23.0 Å². The van der Waals surface area contributed by atoms with Crippen LogP contribution in [0.3, 0.4) is 0 Å². The lowest BCUT2D eigenvalue weighted by molar-refractivity contribution is -0.384. The van der Waals surface area contributed by atoms with Gasteiger partial charge in [-0.2, -0.15) is 9.40 Å². The van der Waals surface area contributed by atoms with E-state index in [-0.39, 0.29) is 28.5 Å². The van der Waals surface area contributed by atoms with Crippen molar-refractivity contribution >= 4 is 26.7 Å². The second-order valence-corrected chi connectivity index (χ2v) is 12.1. The van der Waals surface area contributed by atoms with Crippen molar-refractivity contribution in [2.75, 3.05) is 39.8 Å². The number of aryl methyl sites for hydroxylation is 1. The average Bonchev–Trinajstić information content (AvgIpc) is 3.31. The van der Waals surface area contributed by atoms with E-state index >= 15 is 0 Å². The van der Waals surface area contributed by atoms with E-state index in [0.29, 0.717) is 61.7 Å². The normalized spacial score (nSPS) is 14.8. The highest BCUT2D eigenvalue weighted by Crippen LogP contribution is 2.32. The Balaban J connectivity index is 1.59. The maximum Gasteiger partial charge on any atom is 0.277 e. The van der Waals surface area contributed by atoms with Crippen LogP contribution in [0.1, 0.15) is 31.5 Å². The summed E-state index contributed by atoms with van der Waals surface area (Å²) in [7, 11) is -1.83. The first-order valence-electron chi connectivity index (χ1n) is 13.8. The molecule has 2 aromatic carbocycles. The molecule has 222 valence electrons. The molecule has 1 aliphatic rings. The second kappa shape index (κ2) is 12.0. The quantitative estimate of drug-likeness (QED) is 0.215. The monoisotopic (exact) mass is 595 g/mol. The first-order valence-corrected chi connectivity index (χ1v) is 15.2. The summed E-state index contributed by atoms with van der Waals surface area (Å²) >= 11 is 0. The third-order valence-electron chi connectivity index (χ3n) is 7.24. The fraction of sp³-hybridized carbons (Fsp3) is 0.393. The number of aromatic nitrogens is 4. The minimum atomic E-state index is -3.78. The summed E-state index contributed by atoms with van der Waals surface area (Å²) < 4.78 is 35.9. The number of non-ortho nitro benzene ring substituents is 1. The van der Waals surface area contributed by atoms with Crippen molar-refractivity contribution in [3.63, 3.8) is 0 Å². The largest absolute Gasteiger partial charge is 0.493 e. The van der Waals surface area contributed by atoms with Gasteiger partial charge in [-0.3, -0.25) is 19.6 Å². The van der Waals surface area contributed by atoms with Gasteiger partial charge in [-0.25, -0.2) is 13.4 Å². The Labute approximate surface area is 242 Å². The topological polar surface area (TPSA) is 157 Å². The maximum absolute atomic E-state index is 13.6. The van der Waals surface area contributed by atoms with Gasteiger partial charge in [-0.1, -0.05) is 25.5 Å².